The van der Waals surface area contributed by atoms with Crippen LogP contribution >= 0.6 is 15.3 Å². The number of hydrogen-bond acceptors (Lipinski definition) is 1. The molecule has 0 aromatic heterocycles. The van der Waals surface area contributed by atoms with Crippen LogP contribution in [0.3, 0.4) is 0 Å². The van der Waals surface area contributed by atoms with Crippen molar-refractivity contribution < 1.29 is 4.74 Å². The van der Waals surface area contributed by atoms with Gasteiger partial charge in [0, 0.05) is 6.61 Å². The molecule has 0 aromatic rings. The fourth-order valence-electron chi connectivity index (χ4n) is 0.929. The van der Waals surface area contributed by atoms with Crippen LogP contribution in [0.2, 0.25) is 0 Å². The molecule has 1 unspecified atom stereocenters. The third kappa shape index (κ3) is 1.88. The summed E-state index contributed by atoms with van der Waals surface area (Å²) in [4.78, 5) is 0. The Bertz CT molecular complexity index is 63.4. The Morgan fingerprint density at radius 3 is 2.75 bits per heavy atom. The highest BCUT2D eigenvalue weighted by atomic mass is 79.9. The van der Waals surface area contributed by atoms with E-state index in [4.69, 9.17) is 4.74 Å². The van der Waals surface area contributed by atoms with E-state index in [9.17, 15) is 0 Å². The van der Waals surface area contributed by atoms with Gasteiger partial charge in [0.05, 0.1) is 5.73 Å². The molecule has 1 heterocycles. The van der Waals surface area contributed by atoms with E-state index in [2.05, 4.69) is 15.3 Å². The Morgan fingerprint density at radius 1 is 1.50 bits per heavy atom. The molecular formula is C5H11BrOSi. The van der Waals surface area contributed by atoms with Gasteiger partial charge in [-0.25, -0.2) is 0 Å². The number of ether oxygens (including phenoxy) is 1. The molecule has 0 spiro atoms. The summed E-state index contributed by atoms with van der Waals surface area (Å²) in [5.74, 6) is 0. The molecule has 1 fully saturated rings. The first-order valence-electron chi connectivity index (χ1n) is 3.11. The van der Waals surface area contributed by atoms with Crippen molar-refractivity contribution in [2.75, 3.05) is 6.61 Å². The quantitative estimate of drug-likeness (QED) is 0.448. The minimum Gasteiger partial charge on any atom is -0.381 e. The Kier molecular flexibility index (Phi) is 3.08. The molecule has 1 aliphatic heterocycles. The lowest BCUT2D eigenvalue weighted by Crippen LogP contribution is -2.21. The van der Waals surface area contributed by atoms with Gasteiger partial charge in [-0.2, -0.15) is 0 Å². The lowest BCUT2D eigenvalue weighted by molar-refractivity contribution is 0.0669. The lowest BCUT2D eigenvalue weighted by Gasteiger charge is -2.19. The van der Waals surface area contributed by atoms with Crippen molar-refractivity contribution in [2.45, 2.75) is 25.0 Å². The van der Waals surface area contributed by atoms with E-state index >= 15 is 0 Å². The van der Waals surface area contributed by atoms with E-state index in [0.717, 1.165) is 6.61 Å². The summed E-state index contributed by atoms with van der Waals surface area (Å²) in [5, 5.41) is 0. The minimum absolute atomic E-state index is 0.0415. The summed E-state index contributed by atoms with van der Waals surface area (Å²) in [6, 6.07) is 0. The molecule has 1 rings (SSSR count). The molecule has 0 amide bonds. The van der Waals surface area contributed by atoms with E-state index in [0.29, 0.717) is 5.73 Å². The van der Waals surface area contributed by atoms with Gasteiger partial charge in [0.25, 0.3) is 0 Å². The van der Waals surface area contributed by atoms with Crippen LogP contribution in [0, 0.1) is 0 Å². The molecule has 0 bridgehead atoms. The summed E-state index contributed by atoms with van der Waals surface area (Å²) in [6.07, 6.45) is 3.96. The second-order valence-corrected chi connectivity index (χ2v) is 5.30. The van der Waals surface area contributed by atoms with Crippen molar-refractivity contribution in [3.63, 3.8) is 0 Å². The van der Waals surface area contributed by atoms with Gasteiger partial charge in [-0.05, 0) is 19.3 Å². The third-order valence-electron chi connectivity index (χ3n) is 1.45. The Labute approximate surface area is 60.2 Å². The summed E-state index contributed by atoms with van der Waals surface area (Å²) in [5.41, 5.74) is 0.642. The highest BCUT2D eigenvalue weighted by Gasteiger charge is 2.11. The molecule has 0 N–H and O–H groups in total. The molecule has 48 valence electrons. The third-order valence-corrected chi connectivity index (χ3v) is 4.60. The zero-order chi connectivity index (χ0) is 5.82. The Morgan fingerprint density at radius 2 is 2.38 bits per heavy atom. The van der Waals surface area contributed by atoms with Crippen LogP contribution in [-0.2, 0) is 4.74 Å². The normalized spacial score (nSPS) is 31.9. The average molecular weight is 195 g/mol. The van der Waals surface area contributed by atoms with Crippen LogP contribution in [0.15, 0.2) is 0 Å². The molecule has 0 saturated carbocycles. The van der Waals surface area contributed by atoms with E-state index in [1.807, 2.05) is 0 Å². The van der Waals surface area contributed by atoms with Crippen molar-refractivity contribution in [1.82, 2.24) is 0 Å². The smallest absolute Gasteiger partial charge is 0.131 e. The van der Waals surface area contributed by atoms with Gasteiger partial charge in [0.2, 0.25) is 0 Å². The first-order chi connectivity index (χ1) is 3.93. The van der Waals surface area contributed by atoms with Crippen molar-refractivity contribution in [3.05, 3.63) is 0 Å². The number of hydrogen-bond donors (Lipinski definition) is 0. The molecule has 8 heavy (non-hydrogen) atoms. The maximum absolute atomic E-state index is 5.44. The van der Waals surface area contributed by atoms with E-state index < -0.39 is 0 Å². The molecule has 1 aliphatic rings. The highest BCUT2D eigenvalue weighted by Crippen LogP contribution is 2.12. The summed E-state index contributed by atoms with van der Waals surface area (Å²) >= 11 is 3.52. The molecule has 0 aromatic carbocycles. The van der Waals surface area contributed by atoms with E-state index in [1.165, 1.54) is 19.3 Å². The van der Waals surface area contributed by atoms with Crippen molar-refractivity contribution >= 4 is 23.4 Å². The summed E-state index contributed by atoms with van der Waals surface area (Å²) < 4.78 is 5.44. The second-order valence-electron chi connectivity index (χ2n) is 2.14. The first-order valence-corrected chi connectivity index (χ1v) is 7.82. The lowest BCUT2D eigenvalue weighted by atomic mass is 10.2. The van der Waals surface area contributed by atoms with E-state index in [1.54, 1.807) is 0 Å². The van der Waals surface area contributed by atoms with Crippen LogP contribution in [0.25, 0.3) is 0 Å². The topological polar surface area (TPSA) is 9.23 Å². The van der Waals surface area contributed by atoms with Gasteiger partial charge in [-0.15, -0.1) is 15.3 Å². The second kappa shape index (κ2) is 3.64. The first kappa shape index (κ1) is 6.77. The molecule has 3 heteroatoms. The predicted molar refractivity (Wildman–Crippen MR) is 41.1 cm³/mol. The van der Waals surface area contributed by atoms with Crippen LogP contribution in [0.5, 0.6) is 0 Å². The summed E-state index contributed by atoms with van der Waals surface area (Å²) in [6.45, 7) is 1.00. The van der Waals surface area contributed by atoms with Crippen LogP contribution in [0.4, 0.5) is 0 Å². The monoisotopic (exact) mass is 194 g/mol. The van der Waals surface area contributed by atoms with Crippen molar-refractivity contribution in [1.29, 1.82) is 0 Å². The number of rotatable bonds is 1. The van der Waals surface area contributed by atoms with Crippen LogP contribution in [0.1, 0.15) is 19.3 Å². The maximum atomic E-state index is 5.44. The molecule has 1 atom stereocenters. The molecule has 1 saturated heterocycles. The number of halogens is 1. The molecular weight excluding hydrogens is 184 g/mol. The zero-order valence-electron chi connectivity index (χ0n) is 4.90. The van der Waals surface area contributed by atoms with Gasteiger partial charge >= 0.3 is 0 Å². The SMILES string of the molecule is Br[SiH2]C1CCCCO1. The van der Waals surface area contributed by atoms with Crippen LogP contribution in [-0.4, -0.2) is 20.5 Å². The predicted octanol–water partition coefficient (Wildman–Crippen LogP) is 0.992. The van der Waals surface area contributed by atoms with Gasteiger partial charge in [0.1, 0.15) is 8.14 Å². The van der Waals surface area contributed by atoms with Crippen molar-refractivity contribution in [2.24, 2.45) is 0 Å². The van der Waals surface area contributed by atoms with Gasteiger partial charge in [-0.1, -0.05) is 0 Å². The molecule has 0 radical (unpaired) electrons. The fraction of sp³-hybridized carbons (Fsp3) is 1.00. The maximum Gasteiger partial charge on any atom is 0.131 e. The molecule has 0 aliphatic carbocycles. The average Bonchev–Trinajstić information content (AvgIpc) is 1.90. The highest BCUT2D eigenvalue weighted by molar-refractivity contribution is 9.23. The summed E-state index contributed by atoms with van der Waals surface area (Å²) in [7, 11) is -0.0415. The minimum atomic E-state index is -0.0415. The van der Waals surface area contributed by atoms with Gasteiger partial charge in [-0.3, -0.25) is 0 Å². The molecule has 1 nitrogen and oxygen atoms in total. The Balaban J connectivity index is 2.13. The van der Waals surface area contributed by atoms with E-state index in [-0.39, 0.29) is 8.14 Å². The van der Waals surface area contributed by atoms with Gasteiger partial charge in [0.15, 0.2) is 0 Å². The van der Waals surface area contributed by atoms with Crippen molar-refractivity contribution in [3.8, 4) is 0 Å². The zero-order valence-corrected chi connectivity index (χ0v) is 7.90. The largest absolute Gasteiger partial charge is 0.381 e. The standard InChI is InChI=1S/C5H11BrOSi/c6-8-5-3-1-2-4-7-5/h5H,1-4,8H2. The van der Waals surface area contributed by atoms with Crippen LogP contribution < -0.4 is 0 Å². The fourth-order valence-corrected chi connectivity index (χ4v) is 3.16. The Hall–Kier alpha value is 0.657. The van der Waals surface area contributed by atoms with Gasteiger partial charge < -0.3 is 4.74 Å².